The van der Waals surface area contributed by atoms with Crippen molar-refractivity contribution in [1.29, 1.82) is 0 Å². The Morgan fingerprint density at radius 3 is 1.04 bits per heavy atom. The summed E-state index contributed by atoms with van der Waals surface area (Å²) in [5, 5.41) is 0. The van der Waals surface area contributed by atoms with E-state index in [2.05, 4.69) is 6.92 Å². The van der Waals surface area contributed by atoms with Gasteiger partial charge in [-0.2, -0.15) is 0 Å². The van der Waals surface area contributed by atoms with Gasteiger partial charge in [0.25, 0.3) is 0 Å². The van der Waals surface area contributed by atoms with Gasteiger partial charge in [-0.05, 0) is 55.4 Å². The van der Waals surface area contributed by atoms with Gasteiger partial charge in [0.1, 0.15) is 0 Å². The Hall–Kier alpha value is -0.240. The van der Waals surface area contributed by atoms with E-state index < -0.39 is 0 Å². The fraction of sp³-hybridized carbons (Fsp3) is 0.950. The van der Waals surface area contributed by atoms with Crippen molar-refractivity contribution in [3.8, 4) is 0 Å². The highest BCUT2D eigenvalue weighted by Gasteiger charge is 2.12. The molecule has 6 heteroatoms. The van der Waals surface area contributed by atoms with Crippen molar-refractivity contribution >= 4 is 0 Å². The molecule has 0 aliphatic heterocycles. The van der Waals surface area contributed by atoms with Gasteiger partial charge in [0.05, 0.1) is 69.7 Å². The van der Waals surface area contributed by atoms with Crippen LogP contribution in [0.3, 0.4) is 0 Å². The quantitative estimate of drug-likeness (QED) is 0.388. The molecule has 0 aromatic carbocycles. The Morgan fingerprint density at radius 1 is 0.500 bits per heavy atom. The molecule has 0 aromatic heterocycles. The standard InChI is InChI=1S/C20H41O6/c1-9-21-16(4)11-23-18(6)13-25-20(8)14-26-19(7)12-24-17(5)10-22-15(2)3/h15-20H,2,9-14H2,1,3-8H3. The predicted octanol–water partition coefficient (Wildman–Crippen LogP) is 3.27. The highest BCUT2D eigenvalue weighted by molar-refractivity contribution is 4.58. The number of ether oxygens (including phenoxy) is 6. The predicted molar refractivity (Wildman–Crippen MR) is 104 cm³/mol. The average Bonchev–Trinajstić information content (AvgIpc) is 2.59. The highest BCUT2D eigenvalue weighted by atomic mass is 16.6. The summed E-state index contributed by atoms with van der Waals surface area (Å²) in [5.41, 5.74) is 0. The maximum Gasteiger partial charge on any atom is 0.0781 e. The molecule has 26 heavy (non-hydrogen) atoms. The molecule has 0 aliphatic rings. The van der Waals surface area contributed by atoms with E-state index in [0.717, 1.165) is 0 Å². The first-order valence-corrected chi connectivity index (χ1v) is 9.77. The average molecular weight is 378 g/mol. The van der Waals surface area contributed by atoms with Crippen LogP contribution < -0.4 is 0 Å². The smallest absolute Gasteiger partial charge is 0.0781 e. The van der Waals surface area contributed by atoms with Gasteiger partial charge in [-0.1, -0.05) is 0 Å². The molecule has 0 aliphatic carbocycles. The van der Waals surface area contributed by atoms with Crippen molar-refractivity contribution in [2.75, 3.05) is 39.6 Å². The van der Waals surface area contributed by atoms with Crippen molar-refractivity contribution in [3.63, 3.8) is 0 Å². The maximum absolute atomic E-state index is 5.78. The van der Waals surface area contributed by atoms with Gasteiger partial charge in [-0.3, -0.25) is 0 Å². The molecule has 6 unspecified atom stereocenters. The van der Waals surface area contributed by atoms with E-state index in [1.807, 2.05) is 48.5 Å². The summed E-state index contributed by atoms with van der Waals surface area (Å²) in [4.78, 5) is 0. The van der Waals surface area contributed by atoms with Crippen molar-refractivity contribution in [2.45, 2.75) is 85.1 Å². The van der Waals surface area contributed by atoms with Gasteiger partial charge in [0, 0.05) is 6.61 Å². The van der Waals surface area contributed by atoms with E-state index in [1.54, 1.807) is 0 Å². The molecule has 0 aromatic rings. The normalized spacial score (nSPS) is 17.9. The lowest BCUT2D eigenvalue weighted by Crippen LogP contribution is -2.29. The molecule has 157 valence electrons. The van der Waals surface area contributed by atoms with Gasteiger partial charge in [0.2, 0.25) is 0 Å². The summed E-state index contributed by atoms with van der Waals surface area (Å²) in [7, 11) is 0. The summed E-state index contributed by atoms with van der Waals surface area (Å²) >= 11 is 0. The molecule has 0 bridgehead atoms. The topological polar surface area (TPSA) is 55.4 Å². The van der Waals surface area contributed by atoms with E-state index in [1.165, 1.54) is 0 Å². The fourth-order valence-corrected chi connectivity index (χ4v) is 2.02. The highest BCUT2D eigenvalue weighted by Crippen LogP contribution is 2.03. The van der Waals surface area contributed by atoms with Crippen molar-refractivity contribution in [2.24, 2.45) is 0 Å². The zero-order valence-electron chi connectivity index (χ0n) is 17.9. The van der Waals surface area contributed by atoms with Gasteiger partial charge in [-0.15, -0.1) is 0 Å². The molecule has 0 saturated heterocycles. The summed E-state index contributed by atoms with van der Waals surface area (Å²) in [6.45, 7) is 21.0. The molecule has 6 atom stereocenters. The third-order valence-corrected chi connectivity index (χ3v) is 3.53. The molecule has 0 saturated carbocycles. The van der Waals surface area contributed by atoms with Crippen LogP contribution in [0.5, 0.6) is 0 Å². The maximum atomic E-state index is 5.78. The lowest BCUT2D eigenvalue weighted by Gasteiger charge is -2.22. The second-order valence-corrected chi connectivity index (χ2v) is 6.99. The molecule has 0 amide bonds. The molecule has 0 spiro atoms. The summed E-state index contributed by atoms with van der Waals surface area (Å²) in [6, 6.07) is 0. The number of hydrogen-bond donors (Lipinski definition) is 0. The Labute approximate surface area is 160 Å². The Kier molecular flexibility index (Phi) is 15.6. The van der Waals surface area contributed by atoms with Gasteiger partial charge in [-0.25, -0.2) is 0 Å². The van der Waals surface area contributed by atoms with Crippen LogP contribution >= 0.6 is 0 Å². The SMILES string of the molecule is [CH2]C(C)OCC(C)OCC(C)OCC(C)OCC(C)OCC(C)OCC. The largest absolute Gasteiger partial charge is 0.376 e. The van der Waals surface area contributed by atoms with Gasteiger partial charge < -0.3 is 28.4 Å². The van der Waals surface area contributed by atoms with Crippen LogP contribution in [0.25, 0.3) is 0 Å². The summed E-state index contributed by atoms with van der Waals surface area (Å²) < 4.78 is 33.8. The minimum absolute atomic E-state index is 0.000544. The van der Waals surface area contributed by atoms with E-state index in [0.29, 0.717) is 39.6 Å². The summed E-state index contributed by atoms with van der Waals surface area (Å²) in [5.74, 6) is 0. The molecule has 0 heterocycles. The number of hydrogen-bond acceptors (Lipinski definition) is 6. The Bertz CT molecular complexity index is 313. The van der Waals surface area contributed by atoms with Crippen LogP contribution in [0, 0.1) is 6.92 Å². The third-order valence-electron chi connectivity index (χ3n) is 3.53. The Balaban J connectivity index is 3.72. The molecule has 0 N–H and O–H groups in total. The minimum Gasteiger partial charge on any atom is -0.376 e. The zero-order valence-corrected chi connectivity index (χ0v) is 17.9. The second kappa shape index (κ2) is 15.8. The third kappa shape index (κ3) is 16.0. The molecule has 0 fully saturated rings. The minimum atomic E-state index is -0.0264. The Morgan fingerprint density at radius 2 is 0.769 bits per heavy atom. The molecular weight excluding hydrogens is 336 g/mol. The van der Waals surface area contributed by atoms with Crippen molar-refractivity contribution < 1.29 is 28.4 Å². The van der Waals surface area contributed by atoms with Crippen LogP contribution in [0.2, 0.25) is 0 Å². The van der Waals surface area contributed by atoms with Crippen LogP contribution in [0.4, 0.5) is 0 Å². The van der Waals surface area contributed by atoms with E-state index in [4.69, 9.17) is 28.4 Å². The lowest BCUT2D eigenvalue weighted by atomic mass is 10.3. The second-order valence-electron chi connectivity index (χ2n) is 6.99. The zero-order chi connectivity index (χ0) is 19.9. The summed E-state index contributed by atoms with van der Waals surface area (Å²) in [6.07, 6.45) is 0.130. The van der Waals surface area contributed by atoms with Crippen molar-refractivity contribution in [3.05, 3.63) is 6.92 Å². The van der Waals surface area contributed by atoms with Crippen LogP contribution in [0.1, 0.15) is 48.5 Å². The van der Waals surface area contributed by atoms with E-state index in [9.17, 15) is 0 Å². The first kappa shape index (κ1) is 25.8. The first-order valence-electron chi connectivity index (χ1n) is 9.77. The molecule has 6 nitrogen and oxygen atoms in total. The molecule has 0 rings (SSSR count). The van der Waals surface area contributed by atoms with Gasteiger partial charge in [0.15, 0.2) is 0 Å². The monoisotopic (exact) mass is 377 g/mol. The van der Waals surface area contributed by atoms with Crippen molar-refractivity contribution in [1.82, 2.24) is 0 Å². The van der Waals surface area contributed by atoms with Crippen LogP contribution in [-0.2, 0) is 28.4 Å². The molecular formula is C20H41O6. The number of rotatable bonds is 17. The van der Waals surface area contributed by atoms with E-state index in [-0.39, 0.29) is 36.6 Å². The first-order chi connectivity index (χ1) is 12.2. The van der Waals surface area contributed by atoms with Crippen LogP contribution in [0.15, 0.2) is 0 Å². The lowest BCUT2D eigenvalue weighted by molar-refractivity contribution is -0.100. The fourth-order valence-electron chi connectivity index (χ4n) is 2.02. The van der Waals surface area contributed by atoms with Gasteiger partial charge >= 0.3 is 0 Å². The van der Waals surface area contributed by atoms with Crippen LogP contribution in [-0.4, -0.2) is 76.3 Å². The molecule has 1 radical (unpaired) electrons. The van der Waals surface area contributed by atoms with E-state index >= 15 is 0 Å².